The fourth-order valence-corrected chi connectivity index (χ4v) is 4.87. The minimum atomic E-state index is -1.15. The third-order valence-corrected chi connectivity index (χ3v) is 6.41. The average Bonchev–Trinajstić information content (AvgIpc) is 3.44. The van der Waals surface area contributed by atoms with Gasteiger partial charge in [0.05, 0.1) is 17.3 Å². The topological polar surface area (TPSA) is 41.9 Å². The summed E-state index contributed by atoms with van der Waals surface area (Å²) in [4.78, 5) is 13.9. The predicted molar refractivity (Wildman–Crippen MR) is 134 cm³/mol. The van der Waals surface area contributed by atoms with Crippen molar-refractivity contribution in [2.45, 2.75) is 11.5 Å². The second-order valence-corrected chi connectivity index (χ2v) is 8.43. The van der Waals surface area contributed by atoms with E-state index in [0.717, 1.165) is 28.1 Å². The molecule has 1 spiro atoms. The van der Waals surface area contributed by atoms with Gasteiger partial charge in [0.15, 0.2) is 5.54 Å². The normalized spacial score (nSPS) is 21.4. The van der Waals surface area contributed by atoms with Crippen molar-refractivity contribution in [1.82, 2.24) is 0 Å². The van der Waals surface area contributed by atoms with Crippen molar-refractivity contribution >= 4 is 23.1 Å². The second kappa shape index (κ2) is 8.16. The Morgan fingerprint density at radius 3 is 1.82 bits per heavy atom. The van der Waals surface area contributed by atoms with Gasteiger partial charge >= 0.3 is 5.97 Å². The summed E-state index contributed by atoms with van der Waals surface area (Å²) in [5.41, 5.74) is 3.35. The Kier molecular flexibility index (Phi) is 4.84. The van der Waals surface area contributed by atoms with Crippen LogP contribution in [-0.2, 0) is 9.53 Å². The van der Waals surface area contributed by atoms with Crippen molar-refractivity contribution in [3.05, 3.63) is 144 Å². The molecule has 4 heteroatoms. The molecule has 2 atom stereocenters. The number of anilines is 1. The number of nitrogens with zero attached hydrogens (tertiary/aromatic N) is 2. The number of hydrogen-bond acceptors (Lipinski definition) is 4. The van der Waals surface area contributed by atoms with Gasteiger partial charge in [-0.05, 0) is 29.3 Å². The van der Waals surface area contributed by atoms with E-state index in [2.05, 4.69) is 12.1 Å². The number of rotatable bonds is 4. The van der Waals surface area contributed by atoms with Gasteiger partial charge in [0.25, 0.3) is 0 Å². The van der Waals surface area contributed by atoms with Crippen molar-refractivity contribution in [1.29, 1.82) is 0 Å². The van der Waals surface area contributed by atoms with Crippen LogP contribution in [0.4, 0.5) is 5.69 Å². The third kappa shape index (κ3) is 3.15. The van der Waals surface area contributed by atoms with E-state index in [1.807, 2.05) is 120 Å². The van der Waals surface area contributed by atoms with Gasteiger partial charge in [-0.25, -0.2) is 9.80 Å². The summed E-state index contributed by atoms with van der Waals surface area (Å²) in [5, 5.41) is 6.94. The molecule has 4 nitrogen and oxygen atoms in total. The SMILES string of the molecule is O=C1OC(c2ccccc2)=C[C@@]12[C@H](c1ccccc1)C(c1ccccc1)=NN2c1ccccc1. The molecular weight excluding hydrogens is 420 g/mol. The number of hydrazone groups is 1. The molecule has 164 valence electrons. The van der Waals surface area contributed by atoms with Crippen molar-refractivity contribution in [3.8, 4) is 0 Å². The number of benzene rings is 4. The zero-order valence-electron chi connectivity index (χ0n) is 18.4. The minimum Gasteiger partial charge on any atom is -0.424 e. The summed E-state index contributed by atoms with van der Waals surface area (Å²) < 4.78 is 5.98. The Morgan fingerprint density at radius 1 is 0.676 bits per heavy atom. The lowest BCUT2D eigenvalue weighted by molar-refractivity contribution is -0.139. The van der Waals surface area contributed by atoms with E-state index >= 15 is 0 Å². The number of esters is 1. The predicted octanol–water partition coefficient (Wildman–Crippen LogP) is 6.03. The van der Waals surface area contributed by atoms with Gasteiger partial charge in [0.1, 0.15) is 5.76 Å². The van der Waals surface area contributed by atoms with E-state index in [1.54, 1.807) is 0 Å². The lowest BCUT2D eigenvalue weighted by Gasteiger charge is -2.34. The van der Waals surface area contributed by atoms with Crippen LogP contribution in [-0.4, -0.2) is 17.2 Å². The molecule has 2 heterocycles. The third-order valence-electron chi connectivity index (χ3n) is 6.41. The van der Waals surface area contributed by atoms with Gasteiger partial charge in [-0.15, -0.1) is 0 Å². The molecule has 0 radical (unpaired) electrons. The maximum atomic E-state index is 13.9. The lowest BCUT2D eigenvalue weighted by Crippen LogP contribution is -2.51. The number of ether oxygens (including phenoxy) is 1. The number of hydrogen-bond donors (Lipinski definition) is 0. The van der Waals surface area contributed by atoms with Crippen LogP contribution in [0.2, 0.25) is 0 Å². The van der Waals surface area contributed by atoms with Gasteiger partial charge in [0.2, 0.25) is 0 Å². The molecule has 4 aromatic rings. The molecule has 0 aromatic heterocycles. The van der Waals surface area contributed by atoms with Crippen LogP contribution in [0, 0.1) is 0 Å². The van der Waals surface area contributed by atoms with E-state index in [9.17, 15) is 4.79 Å². The molecular formula is C30H22N2O2. The monoisotopic (exact) mass is 442 g/mol. The number of carbonyl (C=O) groups excluding carboxylic acids is 1. The Hall–Kier alpha value is -4.44. The van der Waals surface area contributed by atoms with Crippen LogP contribution >= 0.6 is 0 Å². The first-order valence-electron chi connectivity index (χ1n) is 11.3. The molecule has 0 saturated carbocycles. The molecule has 0 aliphatic carbocycles. The van der Waals surface area contributed by atoms with Gasteiger partial charge in [-0.1, -0.05) is 109 Å². The highest BCUT2D eigenvalue weighted by molar-refractivity contribution is 6.15. The van der Waals surface area contributed by atoms with Crippen LogP contribution in [0.5, 0.6) is 0 Å². The Bertz CT molecular complexity index is 1380. The molecule has 0 unspecified atom stereocenters. The van der Waals surface area contributed by atoms with Gasteiger partial charge in [0, 0.05) is 5.56 Å². The maximum absolute atomic E-state index is 13.9. The fourth-order valence-electron chi connectivity index (χ4n) is 4.87. The molecule has 0 bridgehead atoms. The van der Waals surface area contributed by atoms with Crippen LogP contribution in [0.15, 0.2) is 133 Å². The maximum Gasteiger partial charge on any atom is 0.344 e. The minimum absolute atomic E-state index is 0.334. The molecule has 0 amide bonds. The van der Waals surface area contributed by atoms with Crippen LogP contribution < -0.4 is 5.01 Å². The van der Waals surface area contributed by atoms with E-state index in [1.165, 1.54) is 0 Å². The van der Waals surface area contributed by atoms with Crippen LogP contribution in [0.3, 0.4) is 0 Å². The van der Waals surface area contributed by atoms with E-state index in [4.69, 9.17) is 9.84 Å². The second-order valence-electron chi connectivity index (χ2n) is 8.43. The van der Waals surface area contributed by atoms with E-state index in [0.29, 0.717) is 5.76 Å². The Balaban J connectivity index is 1.62. The molecule has 6 rings (SSSR count). The first-order valence-corrected chi connectivity index (χ1v) is 11.3. The smallest absolute Gasteiger partial charge is 0.344 e. The van der Waals surface area contributed by atoms with Crippen LogP contribution in [0.25, 0.3) is 5.76 Å². The molecule has 0 saturated heterocycles. The zero-order valence-corrected chi connectivity index (χ0v) is 18.4. The fraction of sp³-hybridized carbons (Fsp3) is 0.0667. The highest BCUT2D eigenvalue weighted by Gasteiger charge is 2.61. The lowest BCUT2D eigenvalue weighted by atomic mass is 9.75. The summed E-state index contributed by atoms with van der Waals surface area (Å²) in [6, 6.07) is 39.7. The van der Waals surface area contributed by atoms with Crippen molar-refractivity contribution in [2.24, 2.45) is 5.10 Å². The standard InChI is InChI=1S/C30H22N2O2/c33-29-30(21-26(34-29)22-13-5-1-6-14-22)27(23-15-7-2-8-16-23)28(24-17-9-3-10-18-24)31-32(30)25-19-11-4-12-20-25/h1-21,27H/t27-,30-/m1/s1. The molecule has 0 N–H and O–H groups in total. The highest BCUT2D eigenvalue weighted by Crippen LogP contribution is 2.50. The number of cyclic esters (lactones) is 1. The van der Waals surface area contributed by atoms with Crippen molar-refractivity contribution in [2.75, 3.05) is 5.01 Å². The zero-order chi connectivity index (χ0) is 23.0. The molecule has 2 aliphatic heterocycles. The molecule has 4 aromatic carbocycles. The quantitative estimate of drug-likeness (QED) is 0.362. The largest absolute Gasteiger partial charge is 0.424 e. The van der Waals surface area contributed by atoms with Gasteiger partial charge in [-0.2, -0.15) is 5.10 Å². The molecule has 2 aliphatic rings. The number of para-hydroxylation sites is 1. The Morgan fingerprint density at radius 2 is 1.21 bits per heavy atom. The summed E-state index contributed by atoms with van der Waals surface area (Å²) in [6.07, 6.45) is 1.95. The number of carbonyl (C=O) groups is 1. The van der Waals surface area contributed by atoms with E-state index in [-0.39, 0.29) is 11.9 Å². The van der Waals surface area contributed by atoms with Crippen molar-refractivity contribution < 1.29 is 9.53 Å². The Labute approximate surface area is 198 Å². The summed E-state index contributed by atoms with van der Waals surface area (Å²) in [6.45, 7) is 0. The van der Waals surface area contributed by atoms with Crippen LogP contribution in [0.1, 0.15) is 22.6 Å². The summed E-state index contributed by atoms with van der Waals surface area (Å²) in [7, 11) is 0. The summed E-state index contributed by atoms with van der Waals surface area (Å²) in [5.74, 6) is -0.138. The van der Waals surface area contributed by atoms with E-state index < -0.39 is 5.54 Å². The first-order chi connectivity index (χ1) is 16.8. The first kappa shape index (κ1) is 20.2. The molecule has 0 fully saturated rings. The van der Waals surface area contributed by atoms with Gasteiger partial charge < -0.3 is 4.74 Å². The highest BCUT2D eigenvalue weighted by atomic mass is 16.5. The summed E-state index contributed by atoms with van der Waals surface area (Å²) >= 11 is 0. The van der Waals surface area contributed by atoms with Gasteiger partial charge in [-0.3, -0.25) is 0 Å². The van der Waals surface area contributed by atoms with Crippen molar-refractivity contribution in [3.63, 3.8) is 0 Å². The molecule has 34 heavy (non-hydrogen) atoms. The average molecular weight is 443 g/mol.